The fourth-order valence-electron chi connectivity index (χ4n) is 2.70. The summed E-state index contributed by atoms with van der Waals surface area (Å²) in [6.45, 7) is 1.98. The van der Waals surface area contributed by atoms with Gasteiger partial charge in [-0.25, -0.2) is 9.61 Å². The number of pyridine rings is 1. The van der Waals surface area contributed by atoms with E-state index in [0.717, 1.165) is 17.0 Å². The molecule has 4 rings (SSSR count). The minimum atomic E-state index is -0.0705. The van der Waals surface area contributed by atoms with Crippen LogP contribution in [0.15, 0.2) is 47.4 Å². The highest BCUT2D eigenvalue weighted by Crippen LogP contribution is 2.30. The molecule has 3 aromatic heterocycles. The predicted octanol–water partition coefficient (Wildman–Crippen LogP) is 2.34. The molecule has 9 heteroatoms. The largest absolute Gasteiger partial charge is 0.475 e. The van der Waals surface area contributed by atoms with E-state index in [4.69, 9.17) is 15.1 Å². The Labute approximate surface area is 155 Å². The average Bonchev–Trinajstić information content (AvgIpc) is 3.24. The Kier molecular flexibility index (Phi) is 4.21. The van der Waals surface area contributed by atoms with E-state index < -0.39 is 0 Å². The molecular formula is C18H19N7O2. The second-order valence-corrected chi connectivity index (χ2v) is 6.31. The summed E-state index contributed by atoms with van der Waals surface area (Å²) in [5, 5.41) is 7.58. The molecular weight excluding hydrogens is 346 g/mol. The molecule has 0 bridgehead atoms. The minimum Gasteiger partial charge on any atom is -0.475 e. The number of hydrogen-bond donors (Lipinski definition) is 1. The van der Waals surface area contributed by atoms with Crippen molar-refractivity contribution in [3.05, 3.63) is 42.7 Å². The number of rotatable bonds is 5. The van der Waals surface area contributed by atoms with Gasteiger partial charge in [0.15, 0.2) is 17.3 Å². The number of fused-ring (bicyclic) bond motifs is 1. The lowest BCUT2D eigenvalue weighted by Crippen LogP contribution is -2.30. The van der Waals surface area contributed by atoms with Crippen LogP contribution in [0, 0.1) is 0 Å². The van der Waals surface area contributed by atoms with E-state index in [0.29, 0.717) is 17.0 Å². The molecule has 4 aromatic rings. The number of hydrogen-bond acceptors (Lipinski definition) is 8. The first kappa shape index (κ1) is 17.0. The molecule has 0 aliphatic rings. The molecule has 27 heavy (non-hydrogen) atoms. The molecule has 0 saturated heterocycles. The number of imidazole rings is 1. The number of benzene rings is 1. The third-order valence-electron chi connectivity index (χ3n) is 4.29. The van der Waals surface area contributed by atoms with Crippen molar-refractivity contribution in [2.45, 2.75) is 13.2 Å². The second kappa shape index (κ2) is 6.69. The van der Waals surface area contributed by atoms with Crippen LogP contribution >= 0.6 is 0 Å². The molecule has 0 amide bonds. The summed E-state index contributed by atoms with van der Waals surface area (Å²) < 4.78 is 12.7. The zero-order valence-corrected chi connectivity index (χ0v) is 15.2. The summed E-state index contributed by atoms with van der Waals surface area (Å²) in [7, 11) is 3.92. The van der Waals surface area contributed by atoms with Gasteiger partial charge < -0.3 is 10.5 Å². The minimum absolute atomic E-state index is 0.0705. The maximum Gasteiger partial charge on any atom is 0.199 e. The molecule has 0 aliphatic heterocycles. The fourth-order valence-corrected chi connectivity index (χ4v) is 2.70. The van der Waals surface area contributed by atoms with Gasteiger partial charge in [-0.15, -0.1) is 0 Å². The number of nitrogen functional groups attached to an aromatic ring is 1. The molecule has 0 saturated carbocycles. The number of nitrogens with two attached hydrogens (primary N) is 1. The van der Waals surface area contributed by atoms with Gasteiger partial charge >= 0.3 is 0 Å². The van der Waals surface area contributed by atoms with E-state index in [-0.39, 0.29) is 12.0 Å². The van der Waals surface area contributed by atoms with Crippen molar-refractivity contribution in [2.24, 2.45) is 0 Å². The molecule has 2 N–H and O–H groups in total. The van der Waals surface area contributed by atoms with Crippen molar-refractivity contribution in [3.8, 4) is 23.0 Å². The topological polar surface area (TPSA) is 108 Å². The van der Waals surface area contributed by atoms with Crippen LogP contribution < -0.4 is 10.5 Å². The van der Waals surface area contributed by atoms with Gasteiger partial charge in [-0.2, -0.15) is 0 Å². The van der Waals surface area contributed by atoms with Crippen molar-refractivity contribution in [2.75, 3.05) is 19.8 Å². The zero-order valence-electron chi connectivity index (χ0n) is 15.2. The van der Waals surface area contributed by atoms with Gasteiger partial charge in [-0.3, -0.25) is 14.5 Å². The van der Waals surface area contributed by atoms with Crippen molar-refractivity contribution in [3.63, 3.8) is 0 Å². The van der Waals surface area contributed by atoms with Crippen LogP contribution in [-0.4, -0.2) is 50.1 Å². The lowest BCUT2D eigenvalue weighted by molar-refractivity contribution is 0.0815. The van der Waals surface area contributed by atoms with Gasteiger partial charge in [-0.05, 0) is 49.5 Å². The maximum atomic E-state index is 5.99. The van der Waals surface area contributed by atoms with Gasteiger partial charge in [0.1, 0.15) is 17.5 Å². The monoisotopic (exact) mass is 365 g/mol. The maximum absolute atomic E-state index is 5.99. The second-order valence-electron chi connectivity index (χ2n) is 6.31. The van der Waals surface area contributed by atoms with Crippen LogP contribution in [0.2, 0.25) is 0 Å². The van der Waals surface area contributed by atoms with Gasteiger partial charge in [-0.1, -0.05) is 6.07 Å². The average molecular weight is 365 g/mol. The molecule has 138 valence electrons. The Morgan fingerprint density at radius 1 is 1.22 bits per heavy atom. The molecule has 0 radical (unpaired) electrons. The lowest BCUT2D eigenvalue weighted by atomic mass is 10.2. The first-order chi connectivity index (χ1) is 13.0. The third-order valence-corrected chi connectivity index (χ3v) is 4.29. The summed E-state index contributed by atoms with van der Waals surface area (Å²) in [4.78, 5) is 10.7. The van der Waals surface area contributed by atoms with Crippen molar-refractivity contribution in [1.82, 2.24) is 29.7 Å². The summed E-state index contributed by atoms with van der Waals surface area (Å²) in [6, 6.07) is 9.62. The molecule has 1 atom stereocenters. The first-order valence-corrected chi connectivity index (χ1v) is 8.39. The molecule has 3 heterocycles. The quantitative estimate of drug-likeness (QED) is 0.537. The van der Waals surface area contributed by atoms with E-state index in [1.807, 2.05) is 60.8 Å². The van der Waals surface area contributed by atoms with Crippen LogP contribution in [0.3, 0.4) is 0 Å². The predicted molar refractivity (Wildman–Crippen MR) is 100 cm³/mol. The third kappa shape index (κ3) is 3.08. The van der Waals surface area contributed by atoms with Gasteiger partial charge in [0.05, 0.1) is 17.4 Å². The normalized spacial score (nSPS) is 12.6. The molecule has 0 fully saturated rings. The van der Waals surface area contributed by atoms with Crippen molar-refractivity contribution < 1.29 is 9.37 Å². The van der Waals surface area contributed by atoms with E-state index >= 15 is 0 Å². The number of anilines is 1. The van der Waals surface area contributed by atoms with Crippen LogP contribution in [0.4, 0.5) is 5.82 Å². The Morgan fingerprint density at radius 3 is 2.81 bits per heavy atom. The number of ether oxygens (including phenoxy) is 1. The van der Waals surface area contributed by atoms with Gasteiger partial charge in [0.25, 0.3) is 0 Å². The molecule has 1 unspecified atom stereocenters. The van der Waals surface area contributed by atoms with Crippen LogP contribution in [0.1, 0.15) is 6.92 Å². The summed E-state index contributed by atoms with van der Waals surface area (Å²) in [6.07, 6.45) is 3.33. The van der Waals surface area contributed by atoms with Gasteiger partial charge in [0.2, 0.25) is 0 Å². The fraction of sp³-hybridized carbons (Fsp3) is 0.222. The van der Waals surface area contributed by atoms with Crippen molar-refractivity contribution >= 4 is 16.9 Å². The van der Waals surface area contributed by atoms with E-state index in [1.165, 1.54) is 0 Å². The Hall–Kier alpha value is -3.46. The number of aromatic nitrogens is 5. The van der Waals surface area contributed by atoms with E-state index in [9.17, 15) is 0 Å². The Morgan fingerprint density at radius 2 is 2.07 bits per heavy atom. The summed E-state index contributed by atoms with van der Waals surface area (Å²) >= 11 is 0. The van der Waals surface area contributed by atoms with E-state index in [2.05, 4.69) is 20.3 Å². The lowest BCUT2D eigenvalue weighted by Gasteiger charge is -2.21. The molecule has 0 aliphatic carbocycles. The van der Waals surface area contributed by atoms with Gasteiger partial charge in [0, 0.05) is 12.3 Å². The first-order valence-electron chi connectivity index (χ1n) is 8.39. The molecule has 9 nitrogen and oxygen atoms in total. The standard InChI is InChI=1S/C18H19N7O2/c1-11(24(2)3)26-13-6-4-5-12(9-13)25-15-7-8-20-10-14(15)21-18(25)16-17(19)23-27-22-16/h4-11H,1-3H3,(H2,19,23). The Bertz CT molecular complexity index is 1090. The smallest absolute Gasteiger partial charge is 0.199 e. The van der Waals surface area contributed by atoms with Crippen LogP contribution in [0.5, 0.6) is 5.75 Å². The highest BCUT2D eigenvalue weighted by atomic mass is 16.6. The molecule has 1 aromatic carbocycles. The Balaban J connectivity index is 1.88. The highest BCUT2D eigenvalue weighted by molar-refractivity contribution is 5.83. The van der Waals surface area contributed by atoms with Crippen LogP contribution in [0.25, 0.3) is 28.2 Å². The SMILES string of the molecule is CC(Oc1cccc(-n2c(-c3nonc3N)nc3cnccc32)c1)N(C)C. The summed E-state index contributed by atoms with van der Waals surface area (Å²) in [5.41, 5.74) is 8.70. The van der Waals surface area contributed by atoms with E-state index in [1.54, 1.807) is 12.4 Å². The summed E-state index contributed by atoms with van der Waals surface area (Å²) in [5.74, 6) is 1.43. The van der Waals surface area contributed by atoms with Crippen LogP contribution in [-0.2, 0) is 0 Å². The molecule has 0 spiro atoms. The van der Waals surface area contributed by atoms with Crippen molar-refractivity contribution in [1.29, 1.82) is 0 Å². The number of nitrogens with zero attached hydrogens (tertiary/aromatic N) is 6. The zero-order chi connectivity index (χ0) is 19.0. The highest BCUT2D eigenvalue weighted by Gasteiger charge is 2.20.